The van der Waals surface area contributed by atoms with Gasteiger partial charge in [-0.1, -0.05) is 54.9 Å². The number of hydrogen-bond donors (Lipinski definition) is 2. The highest BCUT2D eigenvalue weighted by Gasteiger charge is 2.27. The molecule has 0 heterocycles. The molecule has 0 saturated carbocycles. The van der Waals surface area contributed by atoms with Crippen molar-refractivity contribution in [1.29, 1.82) is 0 Å². The topological polar surface area (TPSA) is 93.1 Å². The number of phenolic OH excluding ortho intramolecular Hbond substituents is 2. The maximum Gasteiger partial charge on any atom is 0.342 e. The van der Waals surface area contributed by atoms with Gasteiger partial charge in [0.05, 0.1) is 11.1 Å². The maximum absolute atomic E-state index is 13.0. The van der Waals surface area contributed by atoms with E-state index >= 15 is 0 Å². The zero-order chi connectivity index (χ0) is 23.0. The van der Waals surface area contributed by atoms with Gasteiger partial charge in [-0.2, -0.15) is 0 Å². The molecule has 0 aliphatic heterocycles. The summed E-state index contributed by atoms with van der Waals surface area (Å²) in [5, 5.41) is 20.2. The fourth-order valence-corrected chi connectivity index (χ4v) is 3.47. The van der Waals surface area contributed by atoms with Crippen LogP contribution in [0.25, 0.3) is 0 Å². The van der Waals surface area contributed by atoms with Crippen molar-refractivity contribution in [2.24, 2.45) is 0 Å². The second kappa shape index (κ2) is 11.5. The summed E-state index contributed by atoms with van der Waals surface area (Å²) in [5.41, 5.74) is 0.528. The number of esters is 1. The lowest BCUT2D eigenvalue weighted by Crippen LogP contribution is -2.19. The van der Waals surface area contributed by atoms with Crippen LogP contribution in [0.4, 0.5) is 0 Å². The molecule has 166 valence electrons. The quantitative estimate of drug-likeness (QED) is 0.366. The second-order valence-electron chi connectivity index (χ2n) is 7.10. The van der Waals surface area contributed by atoms with E-state index in [4.69, 9.17) is 21.1 Å². The summed E-state index contributed by atoms with van der Waals surface area (Å²) >= 11 is 6.21. The van der Waals surface area contributed by atoms with Gasteiger partial charge in [-0.3, -0.25) is 4.79 Å². The molecule has 0 aromatic heterocycles. The maximum atomic E-state index is 13.0. The van der Waals surface area contributed by atoms with Crippen LogP contribution < -0.4 is 0 Å². The molecule has 0 aliphatic carbocycles. The summed E-state index contributed by atoms with van der Waals surface area (Å²) < 4.78 is 10.9. The molecule has 7 heteroatoms. The van der Waals surface area contributed by atoms with Crippen molar-refractivity contribution >= 4 is 23.4 Å². The minimum atomic E-state index is -0.850. The fraction of sp³-hybridized carbons (Fsp3) is 0.333. The van der Waals surface area contributed by atoms with Crippen molar-refractivity contribution < 1.29 is 29.3 Å². The van der Waals surface area contributed by atoms with Gasteiger partial charge in [-0.05, 0) is 12.0 Å². The standard InChI is InChI=1S/C24H27ClO6/c1-4-9-21(15-10-7-6-8-11-15)31-24(29)22-18(23(25)20(28)14-19(22)27)13-16(26)12-17(5-2)30-3/h4,6-8,10-11,14,17,21,27-28H,1,5,9,12-13H2,2-3H3/t17?,21-/m1/s1. The SMILES string of the molecule is C=CC[C@@H](OC(=O)c1c(O)cc(O)c(Cl)c1CC(=O)CC(CC)OC)c1ccccc1. The number of rotatable bonds is 11. The lowest BCUT2D eigenvalue weighted by molar-refractivity contribution is -0.120. The van der Waals surface area contributed by atoms with Gasteiger partial charge < -0.3 is 19.7 Å². The van der Waals surface area contributed by atoms with E-state index in [9.17, 15) is 19.8 Å². The smallest absolute Gasteiger partial charge is 0.342 e. The molecule has 2 rings (SSSR count). The molecule has 6 nitrogen and oxygen atoms in total. The predicted octanol–water partition coefficient (Wildman–Crippen LogP) is 5.15. The minimum absolute atomic E-state index is 0.0190. The first-order chi connectivity index (χ1) is 14.8. The fourth-order valence-electron chi connectivity index (χ4n) is 3.25. The van der Waals surface area contributed by atoms with Crippen LogP contribution >= 0.6 is 11.6 Å². The van der Waals surface area contributed by atoms with Crippen LogP contribution in [0.15, 0.2) is 49.1 Å². The van der Waals surface area contributed by atoms with Crippen LogP contribution in [0.1, 0.15) is 53.8 Å². The molecule has 0 fully saturated rings. The van der Waals surface area contributed by atoms with E-state index in [-0.39, 0.29) is 40.9 Å². The third kappa shape index (κ3) is 6.32. The molecule has 0 spiro atoms. The molecule has 31 heavy (non-hydrogen) atoms. The number of ether oxygens (including phenoxy) is 2. The van der Waals surface area contributed by atoms with E-state index in [0.29, 0.717) is 12.8 Å². The highest BCUT2D eigenvalue weighted by Crippen LogP contribution is 2.38. The van der Waals surface area contributed by atoms with E-state index < -0.39 is 23.6 Å². The van der Waals surface area contributed by atoms with Gasteiger partial charge in [-0.25, -0.2) is 4.79 Å². The molecule has 0 bridgehead atoms. The number of benzene rings is 2. The summed E-state index contributed by atoms with van der Waals surface area (Å²) in [6, 6.07) is 10.1. The lowest BCUT2D eigenvalue weighted by atomic mass is 9.97. The first kappa shape index (κ1) is 24.4. The molecule has 0 radical (unpaired) electrons. The number of carbonyl (C=O) groups excluding carboxylic acids is 2. The lowest BCUT2D eigenvalue weighted by Gasteiger charge is -2.20. The number of Topliss-reactive ketones (excluding diaryl/α,β-unsaturated/α-hetero) is 1. The number of halogens is 1. The van der Waals surface area contributed by atoms with Crippen LogP contribution in [0, 0.1) is 0 Å². The number of phenols is 2. The summed E-state index contributed by atoms with van der Waals surface area (Å²) in [6.45, 7) is 5.59. The zero-order valence-electron chi connectivity index (χ0n) is 17.6. The van der Waals surface area contributed by atoms with Crippen molar-refractivity contribution in [2.45, 2.75) is 44.8 Å². The Bertz CT molecular complexity index is 921. The molecular weight excluding hydrogens is 420 g/mol. The van der Waals surface area contributed by atoms with E-state index in [0.717, 1.165) is 11.6 Å². The Labute approximate surface area is 187 Å². The first-order valence-electron chi connectivity index (χ1n) is 9.96. The van der Waals surface area contributed by atoms with Gasteiger partial charge >= 0.3 is 5.97 Å². The van der Waals surface area contributed by atoms with E-state index in [1.54, 1.807) is 6.08 Å². The van der Waals surface area contributed by atoms with E-state index in [2.05, 4.69) is 6.58 Å². The molecule has 2 aromatic rings. The highest BCUT2D eigenvalue weighted by atomic mass is 35.5. The third-order valence-corrected chi connectivity index (χ3v) is 5.37. The number of carbonyl (C=O) groups is 2. The van der Waals surface area contributed by atoms with Crippen molar-refractivity contribution in [3.05, 3.63) is 70.8 Å². The Morgan fingerprint density at radius 2 is 1.87 bits per heavy atom. The van der Waals surface area contributed by atoms with Gasteiger partial charge in [0.2, 0.25) is 0 Å². The van der Waals surface area contributed by atoms with Gasteiger partial charge in [0, 0.05) is 38.0 Å². The Balaban J connectivity index is 2.38. The summed E-state index contributed by atoms with van der Waals surface area (Å²) in [6.07, 6.45) is 1.54. The second-order valence-corrected chi connectivity index (χ2v) is 7.47. The molecule has 2 N–H and O–H groups in total. The molecule has 2 atom stereocenters. The summed E-state index contributed by atoms with van der Waals surface area (Å²) in [5.74, 6) is -2.04. The van der Waals surface area contributed by atoms with Crippen molar-refractivity contribution in [3.8, 4) is 11.5 Å². The van der Waals surface area contributed by atoms with Crippen molar-refractivity contribution in [1.82, 2.24) is 0 Å². The third-order valence-electron chi connectivity index (χ3n) is 4.94. The van der Waals surface area contributed by atoms with Crippen LogP contribution in [-0.2, 0) is 20.7 Å². The van der Waals surface area contributed by atoms with Gasteiger partial charge in [0.25, 0.3) is 0 Å². The van der Waals surface area contributed by atoms with Crippen molar-refractivity contribution in [2.75, 3.05) is 7.11 Å². The minimum Gasteiger partial charge on any atom is -0.507 e. The Hall–Kier alpha value is -2.83. The molecule has 0 saturated heterocycles. The number of hydrogen-bond acceptors (Lipinski definition) is 6. The van der Waals surface area contributed by atoms with E-state index in [1.807, 2.05) is 37.3 Å². The van der Waals surface area contributed by atoms with Crippen molar-refractivity contribution in [3.63, 3.8) is 0 Å². The Kier molecular flexibility index (Phi) is 9.09. The van der Waals surface area contributed by atoms with Gasteiger partial charge in [0.1, 0.15) is 28.9 Å². The molecule has 2 aromatic carbocycles. The number of methoxy groups -OCH3 is 1. The van der Waals surface area contributed by atoms with Crippen LogP contribution in [0.5, 0.6) is 11.5 Å². The van der Waals surface area contributed by atoms with Crippen LogP contribution in [-0.4, -0.2) is 35.2 Å². The number of aromatic hydroxyl groups is 2. The first-order valence-corrected chi connectivity index (χ1v) is 10.3. The molecule has 0 amide bonds. The van der Waals surface area contributed by atoms with Crippen LogP contribution in [0.2, 0.25) is 5.02 Å². The monoisotopic (exact) mass is 446 g/mol. The predicted molar refractivity (Wildman–Crippen MR) is 119 cm³/mol. The summed E-state index contributed by atoms with van der Waals surface area (Å²) in [4.78, 5) is 25.6. The normalized spacial score (nSPS) is 12.7. The van der Waals surface area contributed by atoms with Gasteiger partial charge in [0.15, 0.2) is 0 Å². The Morgan fingerprint density at radius 3 is 2.45 bits per heavy atom. The Morgan fingerprint density at radius 1 is 1.19 bits per heavy atom. The molecule has 1 unspecified atom stereocenters. The average Bonchev–Trinajstić information content (AvgIpc) is 2.75. The highest BCUT2D eigenvalue weighted by molar-refractivity contribution is 6.33. The zero-order valence-corrected chi connectivity index (χ0v) is 18.4. The van der Waals surface area contributed by atoms with Crippen LogP contribution in [0.3, 0.4) is 0 Å². The average molecular weight is 447 g/mol. The molecular formula is C24H27ClO6. The van der Waals surface area contributed by atoms with E-state index in [1.165, 1.54) is 7.11 Å². The van der Waals surface area contributed by atoms with Gasteiger partial charge in [-0.15, -0.1) is 6.58 Å². The molecule has 0 aliphatic rings. The largest absolute Gasteiger partial charge is 0.507 e. The number of ketones is 1. The summed E-state index contributed by atoms with van der Waals surface area (Å²) in [7, 11) is 1.51.